The van der Waals surface area contributed by atoms with E-state index < -0.39 is 0 Å². The maximum Gasteiger partial charge on any atom is 0.200 e. The molecule has 0 saturated carbocycles. The van der Waals surface area contributed by atoms with Crippen LogP contribution in [0.25, 0.3) is 0 Å². The zero-order valence-corrected chi connectivity index (χ0v) is 17.4. The normalized spacial score (nSPS) is 25.1. The lowest BCUT2D eigenvalue weighted by molar-refractivity contribution is 0.0190. The van der Waals surface area contributed by atoms with Crippen molar-refractivity contribution in [2.24, 2.45) is 11.8 Å². The van der Waals surface area contributed by atoms with Crippen molar-refractivity contribution in [3.8, 4) is 34.5 Å². The van der Waals surface area contributed by atoms with Crippen LogP contribution < -0.4 is 18.9 Å². The van der Waals surface area contributed by atoms with Crippen molar-refractivity contribution < 1.29 is 38.6 Å². The van der Waals surface area contributed by atoms with Crippen molar-refractivity contribution in [3.05, 3.63) is 35.4 Å². The Morgan fingerprint density at radius 3 is 1.20 bits per heavy atom. The van der Waals surface area contributed by atoms with Crippen LogP contribution in [0, 0.1) is 11.8 Å². The molecule has 30 heavy (non-hydrogen) atoms. The Bertz CT molecular complexity index is 802. The molecule has 0 amide bonds. The number of aromatic hydroxyl groups is 2. The predicted octanol–water partition coefficient (Wildman–Crippen LogP) is 3.21. The molecule has 2 N–H and O–H groups in total. The van der Waals surface area contributed by atoms with E-state index in [0.717, 1.165) is 11.1 Å². The molecule has 0 unspecified atom stereocenters. The molecular formula is C22H26O8. The fraction of sp³-hybridized carbons (Fsp3) is 0.455. The molecule has 0 bridgehead atoms. The molecule has 4 rings (SSSR count). The second-order valence-electron chi connectivity index (χ2n) is 7.38. The molecule has 2 heterocycles. The topological polar surface area (TPSA) is 95.8 Å². The van der Waals surface area contributed by atoms with Gasteiger partial charge in [0.2, 0.25) is 11.5 Å². The molecular weight excluding hydrogens is 392 g/mol. The van der Waals surface area contributed by atoms with Crippen molar-refractivity contribution in [3.63, 3.8) is 0 Å². The molecule has 2 saturated heterocycles. The molecule has 0 radical (unpaired) electrons. The van der Waals surface area contributed by atoms with Crippen molar-refractivity contribution in [1.29, 1.82) is 0 Å². The molecule has 4 atom stereocenters. The van der Waals surface area contributed by atoms with Crippen LogP contribution in [0.15, 0.2) is 24.3 Å². The number of hydrogen-bond acceptors (Lipinski definition) is 8. The maximum absolute atomic E-state index is 10.2. The lowest BCUT2D eigenvalue weighted by Gasteiger charge is -2.19. The Balaban J connectivity index is 1.63. The monoisotopic (exact) mass is 418 g/mol. The van der Waals surface area contributed by atoms with E-state index in [2.05, 4.69) is 0 Å². The van der Waals surface area contributed by atoms with Gasteiger partial charge in [-0.25, -0.2) is 0 Å². The standard InChI is InChI=1S/C22H26O8/c1-25-15-5-11(6-16(26-2)19(15)23)21-13-9-30-22(14(13)10-29-21)12-7-17(27-3)20(24)18(8-12)28-4/h5-8,13-14,21-24H,9-10H2,1-4H3/t13-,14-,21+,22+/m1/s1. The second kappa shape index (κ2) is 8.12. The van der Waals surface area contributed by atoms with E-state index in [4.69, 9.17) is 28.4 Å². The SMILES string of the molecule is COc1cc([C@@H]2OC[C@@H]3[C@H]2CO[C@H]3c2cc(OC)c(O)c(OC)c2)cc(OC)c1O. The van der Waals surface area contributed by atoms with Crippen LogP contribution in [0.1, 0.15) is 23.3 Å². The smallest absolute Gasteiger partial charge is 0.200 e. The highest BCUT2D eigenvalue weighted by atomic mass is 16.5. The zero-order valence-electron chi connectivity index (χ0n) is 17.4. The van der Waals surface area contributed by atoms with Gasteiger partial charge in [0.05, 0.1) is 53.9 Å². The number of benzene rings is 2. The summed E-state index contributed by atoms with van der Waals surface area (Å²) in [4.78, 5) is 0. The van der Waals surface area contributed by atoms with E-state index >= 15 is 0 Å². The van der Waals surface area contributed by atoms with Gasteiger partial charge in [-0.2, -0.15) is 0 Å². The Labute approximate surface area is 174 Å². The molecule has 8 nitrogen and oxygen atoms in total. The van der Waals surface area contributed by atoms with E-state index in [1.165, 1.54) is 28.4 Å². The molecule has 0 spiro atoms. The highest BCUT2D eigenvalue weighted by Gasteiger charge is 2.48. The molecule has 2 aromatic rings. The van der Waals surface area contributed by atoms with Crippen LogP contribution in [0.4, 0.5) is 0 Å². The molecule has 2 fully saturated rings. The van der Waals surface area contributed by atoms with Crippen LogP contribution in [0.2, 0.25) is 0 Å². The fourth-order valence-corrected chi connectivity index (χ4v) is 4.39. The molecule has 2 aliphatic heterocycles. The molecule has 0 aliphatic carbocycles. The van der Waals surface area contributed by atoms with Crippen LogP contribution in [0.5, 0.6) is 34.5 Å². The molecule has 8 heteroatoms. The Morgan fingerprint density at radius 2 is 0.933 bits per heavy atom. The summed E-state index contributed by atoms with van der Waals surface area (Å²) in [6.07, 6.45) is -0.436. The van der Waals surface area contributed by atoms with Gasteiger partial charge in [-0.05, 0) is 35.4 Å². The van der Waals surface area contributed by atoms with E-state index in [-0.39, 0.29) is 35.5 Å². The van der Waals surface area contributed by atoms with Crippen molar-refractivity contribution >= 4 is 0 Å². The predicted molar refractivity (Wildman–Crippen MR) is 107 cm³/mol. The number of phenolic OH excluding ortho intramolecular Hbond substituents is 2. The van der Waals surface area contributed by atoms with Gasteiger partial charge >= 0.3 is 0 Å². The van der Waals surface area contributed by atoms with E-state index in [9.17, 15) is 10.2 Å². The number of rotatable bonds is 6. The third-order valence-electron chi connectivity index (χ3n) is 5.93. The van der Waals surface area contributed by atoms with Gasteiger partial charge in [-0.15, -0.1) is 0 Å². The second-order valence-corrected chi connectivity index (χ2v) is 7.38. The number of ether oxygens (including phenoxy) is 6. The van der Waals surface area contributed by atoms with E-state index in [0.29, 0.717) is 36.2 Å². The largest absolute Gasteiger partial charge is 0.502 e. The van der Waals surface area contributed by atoms with Crippen molar-refractivity contribution in [2.75, 3.05) is 41.7 Å². The summed E-state index contributed by atoms with van der Waals surface area (Å²) in [7, 11) is 5.99. The first-order chi connectivity index (χ1) is 14.5. The summed E-state index contributed by atoms with van der Waals surface area (Å²) >= 11 is 0. The quantitative estimate of drug-likeness (QED) is 0.738. The highest BCUT2D eigenvalue weighted by Crippen LogP contribution is 2.53. The third-order valence-corrected chi connectivity index (χ3v) is 5.93. The number of fused-ring (bicyclic) bond motifs is 1. The van der Waals surface area contributed by atoms with Crippen LogP contribution in [-0.2, 0) is 9.47 Å². The maximum atomic E-state index is 10.2. The summed E-state index contributed by atoms with van der Waals surface area (Å²) < 4.78 is 33.4. The van der Waals surface area contributed by atoms with Gasteiger partial charge in [-0.3, -0.25) is 0 Å². The molecule has 2 aliphatic rings. The van der Waals surface area contributed by atoms with Gasteiger partial charge < -0.3 is 38.6 Å². The molecule has 162 valence electrons. The van der Waals surface area contributed by atoms with Crippen molar-refractivity contribution in [1.82, 2.24) is 0 Å². The van der Waals surface area contributed by atoms with Crippen molar-refractivity contribution in [2.45, 2.75) is 12.2 Å². The summed E-state index contributed by atoms with van der Waals surface area (Å²) in [5.41, 5.74) is 1.72. The lowest BCUT2D eigenvalue weighted by Crippen LogP contribution is -2.15. The number of hydrogen-bond donors (Lipinski definition) is 2. The Morgan fingerprint density at radius 1 is 0.633 bits per heavy atom. The van der Waals surface area contributed by atoms with Gasteiger partial charge in [-0.1, -0.05) is 0 Å². The lowest BCUT2D eigenvalue weighted by atomic mass is 9.84. The first-order valence-corrected chi connectivity index (χ1v) is 9.65. The van der Waals surface area contributed by atoms with Crippen LogP contribution in [-0.4, -0.2) is 51.9 Å². The summed E-state index contributed by atoms with van der Waals surface area (Å²) in [5, 5.41) is 20.4. The third kappa shape index (κ3) is 3.26. The average molecular weight is 418 g/mol. The minimum Gasteiger partial charge on any atom is -0.502 e. The van der Waals surface area contributed by atoms with E-state index in [1.807, 2.05) is 0 Å². The number of methoxy groups -OCH3 is 4. The summed E-state index contributed by atoms with van der Waals surface area (Å²) in [6.45, 7) is 1.02. The zero-order chi connectivity index (χ0) is 21.4. The molecule has 0 aromatic heterocycles. The summed E-state index contributed by atoms with van der Waals surface area (Å²) in [5.74, 6) is 1.48. The van der Waals surface area contributed by atoms with Gasteiger partial charge in [0, 0.05) is 11.8 Å². The Kier molecular flexibility index (Phi) is 5.53. The van der Waals surface area contributed by atoms with Crippen LogP contribution in [0.3, 0.4) is 0 Å². The van der Waals surface area contributed by atoms with Gasteiger partial charge in [0.1, 0.15) is 0 Å². The first kappa shape index (κ1) is 20.4. The van der Waals surface area contributed by atoms with Crippen LogP contribution >= 0.6 is 0 Å². The highest BCUT2D eigenvalue weighted by molar-refractivity contribution is 5.54. The van der Waals surface area contributed by atoms with E-state index in [1.54, 1.807) is 24.3 Å². The molecule has 2 aromatic carbocycles. The van der Waals surface area contributed by atoms with Gasteiger partial charge in [0.25, 0.3) is 0 Å². The average Bonchev–Trinajstić information content (AvgIpc) is 3.36. The fourth-order valence-electron chi connectivity index (χ4n) is 4.39. The summed E-state index contributed by atoms with van der Waals surface area (Å²) in [6, 6.07) is 7.07. The first-order valence-electron chi connectivity index (χ1n) is 9.65. The minimum atomic E-state index is -0.218. The number of phenols is 2. The van der Waals surface area contributed by atoms with Gasteiger partial charge in [0.15, 0.2) is 23.0 Å². The Hall–Kier alpha value is -2.84. The minimum absolute atomic E-state index is 0.0397.